The summed E-state index contributed by atoms with van der Waals surface area (Å²) < 4.78 is 23.0. The molecule has 23 heavy (non-hydrogen) atoms. The first kappa shape index (κ1) is 18.2. The van der Waals surface area contributed by atoms with Gasteiger partial charge in [0.15, 0.2) is 15.8 Å². The Kier molecular flexibility index (Phi) is 6.05. The molecule has 8 heteroatoms. The zero-order chi connectivity index (χ0) is 16.9. The lowest BCUT2D eigenvalue weighted by Crippen LogP contribution is -2.41. The highest BCUT2D eigenvalue weighted by Gasteiger charge is 2.28. The van der Waals surface area contributed by atoms with Gasteiger partial charge >= 0.3 is 0 Å². The Bertz CT molecular complexity index is 624. The highest BCUT2D eigenvalue weighted by molar-refractivity contribution is 7.91. The second-order valence-corrected chi connectivity index (χ2v) is 9.27. The van der Waals surface area contributed by atoms with Crippen LogP contribution in [0.3, 0.4) is 0 Å². The highest BCUT2D eigenvalue weighted by Crippen LogP contribution is 2.25. The number of hydrogen-bond acceptors (Lipinski definition) is 5. The van der Waals surface area contributed by atoms with Crippen LogP contribution in [0.15, 0.2) is 22.5 Å². The van der Waals surface area contributed by atoms with Gasteiger partial charge in [0.2, 0.25) is 0 Å². The van der Waals surface area contributed by atoms with Gasteiger partial charge in [-0.15, -0.1) is 11.3 Å². The quantitative estimate of drug-likeness (QED) is 0.520. The molecule has 6 nitrogen and oxygen atoms in total. The van der Waals surface area contributed by atoms with Crippen LogP contribution in [0.4, 0.5) is 0 Å². The van der Waals surface area contributed by atoms with Gasteiger partial charge in [-0.1, -0.05) is 6.07 Å². The SMILES string of the molecule is CCNC(=NCC(C)(O)c1cccs1)NCC1CCS(=O)(=O)C1. The van der Waals surface area contributed by atoms with Crippen molar-refractivity contribution in [2.45, 2.75) is 25.9 Å². The molecule has 0 amide bonds. The van der Waals surface area contributed by atoms with Crippen molar-refractivity contribution in [3.8, 4) is 0 Å². The molecule has 2 heterocycles. The van der Waals surface area contributed by atoms with Gasteiger partial charge in [0.1, 0.15) is 5.60 Å². The smallest absolute Gasteiger partial charge is 0.191 e. The molecule has 1 fully saturated rings. The predicted molar refractivity (Wildman–Crippen MR) is 94.6 cm³/mol. The topological polar surface area (TPSA) is 90.8 Å². The number of nitrogens with zero attached hydrogens (tertiary/aromatic N) is 1. The Labute approximate surface area is 141 Å². The fraction of sp³-hybridized carbons (Fsp3) is 0.667. The summed E-state index contributed by atoms with van der Waals surface area (Å²) in [6.45, 7) is 5.23. The summed E-state index contributed by atoms with van der Waals surface area (Å²) in [6.07, 6.45) is 0.696. The largest absolute Gasteiger partial charge is 0.383 e. The van der Waals surface area contributed by atoms with E-state index in [2.05, 4.69) is 15.6 Å². The molecule has 2 unspecified atom stereocenters. The van der Waals surface area contributed by atoms with Crippen molar-refractivity contribution in [1.82, 2.24) is 10.6 Å². The van der Waals surface area contributed by atoms with E-state index in [0.29, 0.717) is 25.5 Å². The number of thiophene rings is 1. The summed E-state index contributed by atoms with van der Waals surface area (Å²) in [5.74, 6) is 1.25. The van der Waals surface area contributed by atoms with E-state index in [0.717, 1.165) is 4.88 Å². The molecule has 0 aliphatic carbocycles. The minimum absolute atomic E-state index is 0.127. The second kappa shape index (κ2) is 7.63. The Hall–Kier alpha value is -1.12. The molecule has 0 spiro atoms. The van der Waals surface area contributed by atoms with Crippen molar-refractivity contribution in [3.63, 3.8) is 0 Å². The van der Waals surface area contributed by atoms with Gasteiger partial charge in [-0.25, -0.2) is 13.4 Å². The van der Waals surface area contributed by atoms with Crippen LogP contribution >= 0.6 is 11.3 Å². The molecule has 0 bridgehead atoms. The summed E-state index contributed by atoms with van der Waals surface area (Å²) >= 11 is 1.50. The summed E-state index contributed by atoms with van der Waals surface area (Å²) in [4.78, 5) is 5.31. The number of hydrogen-bond donors (Lipinski definition) is 3. The van der Waals surface area contributed by atoms with Crippen LogP contribution in [-0.2, 0) is 15.4 Å². The summed E-state index contributed by atoms with van der Waals surface area (Å²) in [6, 6.07) is 3.80. The third-order valence-corrected chi connectivity index (χ3v) is 6.79. The van der Waals surface area contributed by atoms with Crippen molar-refractivity contribution in [2.75, 3.05) is 31.1 Å². The highest BCUT2D eigenvalue weighted by atomic mass is 32.2. The normalized spacial score (nSPS) is 23.4. The van der Waals surface area contributed by atoms with Crippen molar-refractivity contribution in [2.24, 2.45) is 10.9 Å². The van der Waals surface area contributed by atoms with Crippen molar-refractivity contribution in [3.05, 3.63) is 22.4 Å². The minimum atomic E-state index is -2.86. The van der Waals surface area contributed by atoms with E-state index in [1.165, 1.54) is 11.3 Å². The average molecular weight is 360 g/mol. The van der Waals surface area contributed by atoms with E-state index in [9.17, 15) is 13.5 Å². The van der Waals surface area contributed by atoms with Gasteiger partial charge in [-0.3, -0.25) is 0 Å². The summed E-state index contributed by atoms with van der Waals surface area (Å²) in [7, 11) is -2.86. The number of nitrogens with one attached hydrogen (secondary N) is 2. The van der Waals surface area contributed by atoms with Crippen LogP contribution < -0.4 is 10.6 Å². The van der Waals surface area contributed by atoms with Crippen LogP contribution in [-0.4, -0.2) is 50.6 Å². The second-order valence-electron chi connectivity index (χ2n) is 6.10. The molecule has 1 aromatic heterocycles. The lowest BCUT2D eigenvalue weighted by Gasteiger charge is -2.21. The first-order chi connectivity index (χ1) is 10.8. The Morgan fingerprint density at radius 2 is 2.30 bits per heavy atom. The van der Waals surface area contributed by atoms with Gasteiger partial charge in [0, 0.05) is 18.0 Å². The van der Waals surface area contributed by atoms with E-state index < -0.39 is 15.4 Å². The zero-order valence-corrected chi connectivity index (χ0v) is 15.2. The molecule has 1 aliphatic heterocycles. The van der Waals surface area contributed by atoms with Crippen molar-refractivity contribution in [1.29, 1.82) is 0 Å². The number of rotatable bonds is 6. The maximum absolute atomic E-state index is 11.5. The maximum Gasteiger partial charge on any atom is 0.191 e. The van der Waals surface area contributed by atoms with Crippen LogP contribution in [0.2, 0.25) is 0 Å². The first-order valence-electron chi connectivity index (χ1n) is 7.81. The number of aliphatic imine (C=N–C) groups is 1. The Balaban J connectivity index is 1.92. The van der Waals surface area contributed by atoms with Gasteiger partial charge < -0.3 is 15.7 Å². The maximum atomic E-state index is 11.5. The van der Waals surface area contributed by atoms with E-state index in [-0.39, 0.29) is 24.0 Å². The number of sulfone groups is 1. The minimum Gasteiger partial charge on any atom is -0.383 e. The molecule has 1 saturated heterocycles. The molecule has 0 aromatic carbocycles. The first-order valence-corrected chi connectivity index (χ1v) is 10.5. The third-order valence-electron chi connectivity index (χ3n) is 3.83. The molecule has 1 aliphatic rings. The van der Waals surface area contributed by atoms with E-state index in [1.807, 2.05) is 24.4 Å². The molecule has 2 atom stereocenters. The predicted octanol–water partition coefficient (Wildman–Crippen LogP) is 0.945. The fourth-order valence-electron chi connectivity index (χ4n) is 2.51. The fourth-order valence-corrected chi connectivity index (χ4v) is 5.15. The van der Waals surface area contributed by atoms with Gasteiger partial charge in [-0.05, 0) is 37.6 Å². The zero-order valence-electron chi connectivity index (χ0n) is 13.6. The molecule has 130 valence electrons. The van der Waals surface area contributed by atoms with Crippen LogP contribution in [0.5, 0.6) is 0 Å². The summed E-state index contributed by atoms with van der Waals surface area (Å²) in [5.41, 5.74) is -1.01. The van der Waals surface area contributed by atoms with Crippen LogP contribution in [0.1, 0.15) is 25.1 Å². The van der Waals surface area contributed by atoms with E-state index in [1.54, 1.807) is 6.92 Å². The van der Waals surface area contributed by atoms with Gasteiger partial charge in [-0.2, -0.15) is 0 Å². The Morgan fingerprint density at radius 1 is 1.52 bits per heavy atom. The molecular formula is C15H25N3O3S2. The monoisotopic (exact) mass is 359 g/mol. The molecule has 0 saturated carbocycles. The Morgan fingerprint density at radius 3 is 2.87 bits per heavy atom. The van der Waals surface area contributed by atoms with Crippen molar-refractivity contribution < 1.29 is 13.5 Å². The summed E-state index contributed by atoms with van der Waals surface area (Å²) in [5, 5.41) is 18.7. The number of guanidine groups is 1. The standard InChI is InChI=1S/C15H25N3O3S2/c1-3-16-14(17-9-12-6-8-23(20,21)10-12)18-11-15(2,19)13-5-4-7-22-13/h4-5,7,12,19H,3,6,8-11H2,1-2H3,(H2,16,17,18). The number of aliphatic hydroxyl groups is 1. The van der Waals surface area contributed by atoms with Crippen LogP contribution in [0.25, 0.3) is 0 Å². The lowest BCUT2D eigenvalue weighted by atomic mass is 10.1. The molecule has 3 N–H and O–H groups in total. The third kappa shape index (κ3) is 5.47. The van der Waals surface area contributed by atoms with E-state index in [4.69, 9.17) is 0 Å². The molecular weight excluding hydrogens is 334 g/mol. The van der Waals surface area contributed by atoms with Crippen molar-refractivity contribution >= 4 is 27.1 Å². The van der Waals surface area contributed by atoms with Crippen LogP contribution in [0, 0.1) is 5.92 Å². The van der Waals surface area contributed by atoms with E-state index >= 15 is 0 Å². The average Bonchev–Trinajstić information content (AvgIpc) is 3.12. The van der Waals surface area contributed by atoms with Gasteiger partial charge in [0.05, 0.1) is 18.1 Å². The van der Waals surface area contributed by atoms with Gasteiger partial charge in [0.25, 0.3) is 0 Å². The molecule has 2 rings (SSSR count). The lowest BCUT2D eigenvalue weighted by molar-refractivity contribution is 0.0711. The molecule has 0 radical (unpaired) electrons. The molecule has 1 aromatic rings.